The van der Waals surface area contributed by atoms with E-state index >= 15 is 4.39 Å². The molecule has 2 aromatic rings. The standard InChI is InChI=1S/C18H18F3N3O5/c19-11-7-10-13(16(29-17(20)21)14(11)23-5-3-22-4-6-23)24(9-1-2-9)8-12(15(10)25)28-18(26)27/h7-9,17,22H,1-6H2,(H,26,27). The van der Waals surface area contributed by atoms with E-state index in [-0.39, 0.29) is 22.6 Å². The van der Waals surface area contributed by atoms with Crippen LogP contribution in [0.4, 0.5) is 23.7 Å². The van der Waals surface area contributed by atoms with Crippen molar-refractivity contribution in [3.05, 3.63) is 28.3 Å². The Labute approximate surface area is 162 Å². The van der Waals surface area contributed by atoms with Crippen molar-refractivity contribution in [1.29, 1.82) is 0 Å². The van der Waals surface area contributed by atoms with Gasteiger partial charge in [-0.15, -0.1) is 0 Å². The predicted molar refractivity (Wildman–Crippen MR) is 96.8 cm³/mol. The summed E-state index contributed by atoms with van der Waals surface area (Å²) in [5.41, 5.74) is -1.05. The van der Waals surface area contributed by atoms with Crippen molar-refractivity contribution >= 4 is 22.7 Å². The van der Waals surface area contributed by atoms with Gasteiger partial charge in [0.15, 0.2) is 17.3 Å². The number of piperazine rings is 1. The Balaban J connectivity index is 2.02. The maximum Gasteiger partial charge on any atom is 0.511 e. The zero-order valence-corrected chi connectivity index (χ0v) is 15.2. The van der Waals surface area contributed by atoms with Crippen LogP contribution in [0.5, 0.6) is 11.5 Å². The number of pyridine rings is 1. The highest BCUT2D eigenvalue weighted by molar-refractivity contribution is 5.92. The first-order valence-electron chi connectivity index (χ1n) is 9.09. The Hall–Kier alpha value is -2.95. The molecule has 1 saturated heterocycles. The van der Waals surface area contributed by atoms with Crippen LogP contribution in [0.25, 0.3) is 10.9 Å². The van der Waals surface area contributed by atoms with Gasteiger partial charge in [0.1, 0.15) is 5.69 Å². The number of hydrogen-bond donors (Lipinski definition) is 2. The molecule has 2 fully saturated rings. The number of benzene rings is 1. The fourth-order valence-corrected chi connectivity index (χ4v) is 3.61. The molecule has 29 heavy (non-hydrogen) atoms. The third-order valence-electron chi connectivity index (χ3n) is 4.94. The molecule has 0 bridgehead atoms. The van der Waals surface area contributed by atoms with Crippen LogP contribution in [0.1, 0.15) is 18.9 Å². The minimum atomic E-state index is -3.24. The second-order valence-electron chi connectivity index (χ2n) is 6.88. The summed E-state index contributed by atoms with van der Waals surface area (Å²) in [4.78, 5) is 25.2. The van der Waals surface area contributed by atoms with E-state index in [0.717, 1.165) is 12.3 Å². The van der Waals surface area contributed by atoms with E-state index in [1.807, 2.05) is 0 Å². The summed E-state index contributed by atoms with van der Waals surface area (Å²) in [6.45, 7) is -1.43. The Bertz CT molecular complexity index is 1020. The van der Waals surface area contributed by atoms with Crippen molar-refractivity contribution in [2.24, 2.45) is 0 Å². The number of hydrogen-bond acceptors (Lipinski definition) is 6. The first kappa shape index (κ1) is 19.4. The van der Waals surface area contributed by atoms with Gasteiger partial charge in [-0.2, -0.15) is 8.78 Å². The van der Waals surface area contributed by atoms with Gasteiger partial charge in [-0.3, -0.25) is 4.79 Å². The molecule has 156 valence electrons. The zero-order chi connectivity index (χ0) is 20.7. The van der Waals surface area contributed by atoms with Crippen LogP contribution in [0.2, 0.25) is 0 Å². The normalized spacial score (nSPS) is 17.0. The summed E-state index contributed by atoms with van der Waals surface area (Å²) in [6, 6.07) is 0.775. The van der Waals surface area contributed by atoms with Crippen LogP contribution < -0.4 is 25.1 Å². The highest BCUT2D eigenvalue weighted by Gasteiger charge is 2.32. The molecule has 11 heteroatoms. The number of carboxylic acid groups (broad SMARTS) is 1. The lowest BCUT2D eigenvalue weighted by molar-refractivity contribution is -0.0488. The van der Waals surface area contributed by atoms with Gasteiger partial charge in [0, 0.05) is 32.2 Å². The molecule has 1 aromatic carbocycles. The molecule has 2 aliphatic rings. The van der Waals surface area contributed by atoms with Gasteiger partial charge in [-0.25, -0.2) is 9.18 Å². The van der Waals surface area contributed by atoms with Crippen LogP contribution in [0, 0.1) is 5.82 Å². The van der Waals surface area contributed by atoms with Gasteiger partial charge < -0.3 is 29.4 Å². The second-order valence-corrected chi connectivity index (χ2v) is 6.88. The third kappa shape index (κ3) is 3.69. The Morgan fingerprint density at radius 1 is 1.28 bits per heavy atom. The summed E-state index contributed by atoms with van der Waals surface area (Å²) >= 11 is 0. The van der Waals surface area contributed by atoms with Gasteiger partial charge in [-0.05, 0) is 18.9 Å². The number of fused-ring (bicyclic) bond motifs is 1. The topological polar surface area (TPSA) is 93.0 Å². The van der Waals surface area contributed by atoms with Crippen LogP contribution in [-0.2, 0) is 0 Å². The molecule has 1 aromatic heterocycles. The molecule has 0 spiro atoms. The number of aromatic nitrogens is 1. The van der Waals surface area contributed by atoms with E-state index in [0.29, 0.717) is 39.0 Å². The van der Waals surface area contributed by atoms with Crippen molar-refractivity contribution in [1.82, 2.24) is 9.88 Å². The van der Waals surface area contributed by atoms with Crippen molar-refractivity contribution in [2.45, 2.75) is 25.5 Å². The number of ether oxygens (including phenoxy) is 2. The van der Waals surface area contributed by atoms with Crippen LogP contribution in [0.3, 0.4) is 0 Å². The predicted octanol–water partition coefficient (Wildman–Crippen LogP) is 2.54. The summed E-state index contributed by atoms with van der Waals surface area (Å²) in [5, 5.41) is 11.7. The summed E-state index contributed by atoms with van der Waals surface area (Å²) in [7, 11) is 0. The molecule has 2 N–H and O–H groups in total. The van der Waals surface area contributed by atoms with Crippen molar-refractivity contribution in [3.63, 3.8) is 0 Å². The van der Waals surface area contributed by atoms with E-state index < -0.39 is 35.5 Å². The molecule has 1 saturated carbocycles. The SMILES string of the molecule is O=C(O)Oc1cn(C2CC2)c2c(OC(F)F)c(N3CCNCC3)c(F)cc2c1=O. The molecule has 0 amide bonds. The lowest BCUT2D eigenvalue weighted by atomic mass is 10.1. The van der Waals surface area contributed by atoms with E-state index in [4.69, 9.17) is 9.84 Å². The molecule has 0 atom stereocenters. The first-order valence-corrected chi connectivity index (χ1v) is 9.09. The molecule has 8 nitrogen and oxygen atoms in total. The molecule has 0 unspecified atom stereocenters. The third-order valence-corrected chi connectivity index (χ3v) is 4.94. The number of nitrogens with one attached hydrogen (secondary N) is 1. The van der Waals surface area contributed by atoms with Crippen LogP contribution in [0.15, 0.2) is 17.1 Å². The number of alkyl halides is 2. The fourth-order valence-electron chi connectivity index (χ4n) is 3.61. The molecular weight excluding hydrogens is 395 g/mol. The summed E-state index contributed by atoms with van der Waals surface area (Å²) < 4.78 is 52.3. The molecule has 1 aliphatic carbocycles. The number of rotatable bonds is 5. The van der Waals surface area contributed by atoms with E-state index in [9.17, 15) is 18.4 Å². The highest BCUT2D eigenvalue weighted by atomic mass is 19.3. The van der Waals surface area contributed by atoms with Crippen LogP contribution >= 0.6 is 0 Å². The highest BCUT2D eigenvalue weighted by Crippen LogP contribution is 2.44. The largest absolute Gasteiger partial charge is 0.511 e. The van der Waals surface area contributed by atoms with Crippen LogP contribution in [-0.4, -0.2) is 48.6 Å². The number of nitrogens with zero attached hydrogens (tertiary/aromatic N) is 2. The molecular formula is C18H18F3N3O5. The van der Waals surface area contributed by atoms with Gasteiger partial charge >= 0.3 is 12.8 Å². The van der Waals surface area contributed by atoms with Crippen molar-refractivity contribution < 1.29 is 32.5 Å². The Morgan fingerprint density at radius 2 is 1.97 bits per heavy atom. The lowest BCUT2D eigenvalue weighted by Crippen LogP contribution is -2.44. The van der Waals surface area contributed by atoms with E-state index in [1.165, 1.54) is 4.57 Å². The lowest BCUT2D eigenvalue weighted by Gasteiger charge is -2.31. The maximum atomic E-state index is 15.0. The van der Waals surface area contributed by atoms with E-state index in [1.54, 1.807) is 4.90 Å². The quantitative estimate of drug-likeness (QED) is 0.728. The van der Waals surface area contributed by atoms with Gasteiger partial charge in [0.2, 0.25) is 5.43 Å². The van der Waals surface area contributed by atoms with Crippen molar-refractivity contribution in [2.75, 3.05) is 31.1 Å². The minimum Gasteiger partial charge on any atom is -0.449 e. The average Bonchev–Trinajstić information content (AvgIpc) is 3.49. The molecule has 0 radical (unpaired) electrons. The fraction of sp³-hybridized carbons (Fsp3) is 0.444. The maximum absolute atomic E-state index is 15.0. The first-order chi connectivity index (χ1) is 13.9. The minimum absolute atomic E-state index is 0.00507. The number of anilines is 1. The van der Waals surface area contributed by atoms with Gasteiger partial charge in [0.25, 0.3) is 0 Å². The monoisotopic (exact) mass is 413 g/mol. The summed E-state index contributed by atoms with van der Waals surface area (Å²) in [5.74, 6) is -1.85. The van der Waals surface area contributed by atoms with E-state index in [2.05, 4.69) is 10.1 Å². The number of carbonyl (C=O) groups is 1. The van der Waals surface area contributed by atoms with Gasteiger partial charge in [-0.1, -0.05) is 0 Å². The molecule has 4 rings (SSSR count). The average molecular weight is 413 g/mol. The number of halogens is 3. The smallest absolute Gasteiger partial charge is 0.449 e. The molecule has 1 aliphatic heterocycles. The molecule has 2 heterocycles. The summed E-state index contributed by atoms with van der Waals surface area (Å²) in [6.07, 6.45) is 0.845. The van der Waals surface area contributed by atoms with Gasteiger partial charge in [0.05, 0.1) is 17.1 Å². The Morgan fingerprint density at radius 3 is 2.55 bits per heavy atom. The van der Waals surface area contributed by atoms with Crippen molar-refractivity contribution in [3.8, 4) is 11.5 Å². The Kier molecular flexibility index (Phi) is 4.99. The second kappa shape index (κ2) is 7.47. The zero-order valence-electron chi connectivity index (χ0n) is 15.2.